The molecule has 3 heteroatoms. The highest BCUT2D eigenvalue weighted by Gasteiger charge is 2.20. The summed E-state index contributed by atoms with van der Waals surface area (Å²) in [5, 5.41) is 7.27. The van der Waals surface area contributed by atoms with Crippen LogP contribution < -0.4 is 4.98 Å². The van der Waals surface area contributed by atoms with Crippen LogP contribution in [0.5, 0.6) is 0 Å². The van der Waals surface area contributed by atoms with E-state index in [0.717, 1.165) is 26.7 Å². The number of benzene rings is 4. The molecule has 0 fully saturated rings. The molecule has 25 heavy (non-hydrogen) atoms. The van der Waals surface area contributed by atoms with Gasteiger partial charge in [0.05, 0.1) is 5.39 Å². The molecular formula is C22H13N2S+. The van der Waals surface area contributed by atoms with Crippen molar-refractivity contribution >= 4 is 61.2 Å². The highest BCUT2D eigenvalue weighted by atomic mass is 32.1. The molecule has 0 radical (unpaired) electrons. The van der Waals surface area contributed by atoms with Crippen LogP contribution >= 0.6 is 12.2 Å². The number of nitrogens with zero attached hydrogens (tertiary/aromatic N) is 1. The number of pyridine rings is 1. The Hall–Kier alpha value is -3.04. The molecule has 0 saturated heterocycles. The minimum absolute atomic E-state index is 0.862. The zero-order chi connectivity index (χ0) is 16.5. The molecule has 4 aromatic carbocycles. The molecule has 0 atom stereocenters. The van der Waals surface area contributed by atoms with Crippen molar-refractivity contribution in [1.29, 1.82) is 0 Å². The van der Waals surface area contributed by atoms with Crippen molar-refractivity contribution in [3.8, 4) is 0 Å². The zero-order valence-corrected chi connectivity index (χ0v) is 14.1. The Kier molecular flexibility index (Phi) is 2.40. The van der Waals surface area contributed by atoms with E-state index in [-0.39, 0.29) is 0 Å². The van der Waals surface area contributed by atoms with Gasteiger partial charge in [-0.3, -0.25) is 0 Å². The first kappa shape index (κ1) is 13.3. The van der Waals surface area contributed by atoms with Crippen molar-refractivity contribution in [2.24, 2.45) is 0 Å². The average molecular weight is 337 g/mol. The number of aromatic nitrogens is 2. The Morgan fingerprint density at radius 1 is 0.720 bits per heavy atom. The molecule has 0 aliphatic heterocycles. The lowest BCUT2D eigenvalue weighted by Crippen LogP contribution is -2.01. The van der Waals surface area contributed by atoms with Gasteiger partial charge in [0.2, 0.25) is 4.64 Å². The van der Waals surface area contributed by atoms with Crippen LogP contribution in [-0.4, -0.2) is 4.40 Å². The molecule has 0 aliphatic rings. The highest BCUT2D eigenvalue weighted by molar-refractivity contribution is 7.71. The van der Waals surface area contributed by atoms with Gasteiger partial charge in [-0.1, -0.05) is 48.5 Å². The van der Waals surface area contributed by atoms with Crippen molar-refractivity contribution in [2.75, 3.05) is 0 Å². The van der Waals surface area contributed by atoms with Gasteiger partial charge in [-0.2, -0.15) is 4.40 Å². The van der Waals surface area contributed by atoms with E-state index in [4.69, 9.17) is 12.2 Å². The summed E-state index contributed by atoms with van der Waals surface area (Å²) in [7, 11) is 0. The second kappa shape index (κ2) is 4.52. The van der Waals surface area contributed by atoms with Gasteiger partial charge in [0, 0.05) is 10.8 Å². The molecule has 0 unspecified atom stereocenters. The van der Waals surface area contributed by atoms with E-state index in [1.165, 1.54) is 26.9 Å². The predicted octanol–water partition coefficient (Wildman–Crippen LogP) is 5.53. The van der Waals surface area contributed by atoms with Crippen molar-refractivity contribution in [3.05, 3.63) is 77.4 Å². The Bertz CT molecular complexity index is 1510. The van der Waals surface area contributed by atoms with E-state index in [0.29, 0.717) is 0 Å². The highest BCUT2D eigenvalue weighted by Crippen LogP contribution is 2.32. The van der Waals surface area contributed by atoms with Gasteiger partial charge in [0.15, 0.2) is 11.0 Å². The summed E-state index contributed by atoms with van der Waals surface area (Å²) in [6.07, 6.45) is 0. The molecule has 0 amide bonds. The fraction of sp³-hybridized carbons (Fsp3) is 0. The number of fused-ring (bicyclic) bond motifs is 5. The third-order valence-corrected chi connectivity index (χ3v) is 5.58. The monoisotopic (exact) mass is 337 g/mol. The molecule has 2 nitrogen and oxygen atoms in total. The van der Waals surface area contributed by atoms with Crippen LogP contribution in [0.1, 0.15) is 0 Å². The molecule has 0 saturated carbocycles. The number of aromatic amines is 1. The lowest BCUT2D eigenvalue weighted by atomic mass is 10.0. The Morgan fingerprint density at radius 3 is 2.20 bits per heavy atom. The normalized spacial score (nSPS) is 12.2. The third kappa shape index (κ3) is 1.63. The number of imidazole rings is 1. The molecule has 1 N–H and O–H groups in total. The summed E-state index contributed by atoms with van der Waals surface area (Å²) >= 11 is 5.90. The van der Waals surface area contributed by atoms with Crippen molar-refractivity contribution in [2.45, 2.75) is 0 Å². The minimum atomic E-state index is 0.862. The van der Waals surface area contributed by atoms with E-state index >= 15 is 0 Å². The number of rotatable bonds is 0. The smallest absolute Gasteiger partial charge is 0.236 e. The predicted molar refractivity (Wildman–Crippen MR) is 106 cm³/mol. The number of hydrogen-bond acceptors (Lipinski definition) is 1. The van der Waals surface area contributed by atoms with Gasteiger partial charge in [-0.25, -0.2) is 4.98 Å². The molecule has 0 bridgehead atoms. The van der Waals surface area contributed by atoms with Gasteiger partial charge in [0.25, 0.3) is 5.65 Å². The van der Waals surface area contributed by atoms with E-state index in [9.17, 15) is 0 Å². The summed E-state index contributed by atoms with van der Waals surface area (Å²) in [6.45, 7) is 0. The molecule has 0 aliphatic carbocycles. The lowest BCUT2D eigenvalue weighted by Gasteiger charge is -2.04. The number of hydrogen-bond donors (Lipinski definition) is 0. The summed E-state index contributed by atoms with van der Waals surface area (Å²) in [5.41, 5.74) is 3.31. The SMILES string of the molecule is S=c1c2cccc3cccc(c32)c2[nH+]c3cc4ccccc4cc3n12. The zero-order valence-electron chi connectivity index (χ0n) is 13.3. The fourth-order valence-electron chi connectivity index (χ4n) is 4.05. The van der Waals surface area contributed by atoms with Crippen molar-refractivity contribution in [1.82, 2.24) is 4.40 Å². The molecule has 2 heterocycles. The number of H-pyrrole nitrogens is 1. The van der Waals surface area contributed by atoms with Crippen molar-refractivity contribution < 1.29 is 4.98 Å². The molecule has 6 aromatic rings. The van der Waals surface area contributed by atoms with E-state index < -0.39 is 0 Å². The van der Waals surface area contributed by atoms with Gasteiger partial charge in [-0.15, -0.1) is 0 Å². The van der Waals surface area contributed by atoms with Crippen molar-refractivity contribution in [3.63, 3.8) is 0 Å². The summed E-state index contributed by atoms with van der Waals surface area (Å²) in [6, 6.07) is 25.7. The molecule has 6 rings (SSSR count). The standard InChI is InChI=1S/C22H12N2S/c25-22-17-10-4-8-13-7-3-9-16(20(13)17)21-23-18-11-14-5-1-2-6-15(14)12-19(18)24(21)22/h1-12H/p+1. The summed E-state index contributed by atoms with van der Waals surface area (Å²) in [4.78, 5) is 3.61. The average Bonchev–Trinajstić information content (AvgIpc) is 3.02. The van der Waals surface area contributed by atoms with Crippen LogP contribution in [0.3, 0.4) is 0 Å². The van der Waals surface area contributed by atoms with Crippen LogP contribution in [0.15, 0.2) is 72.8 Å². The Morgan fingerprint density at radius 2 is 1.40 bits per heavy atom. The summed E-state index contributed by atoms with van der Waals surface area (Å²) in [5.74, 6) is 0. The van der Waals surface area contributed by atoms with E-state index in [1.807, 2.05) is 0 Å². The van der Waals surface area contributed by atoms with Crippen LogP contribution in [0, 0.1) is 4.64 Å². The van der Waals surface area contributed by atoms with E-state index in [2.05, 4.69) is 82.2 Å². The first-order valence-corrected chi connectivity index (χ1v) is 8.75. The topological polar surface area (TPSA) is 18.6 Å². The first-order chi connectivity index (χ1) is 12.3. The second-order valence-corrected chi connectivity index (χ2v) is 6.93. The summed E-state index contributed by atoms with van der Waals surface area (Å²) < 4.78 is 3.05. The van der Waals surface area contributed by atoms with Gasteiger partial charge in [0.1, 0.15) is 0 Å². The van der Waals surface area contributed by atoms with Gasteiger partial charge >= 0.3 is 0 Å². The molecule has 116 valence electrons. The number of nitrogens with one attached hydrogen (secondary N) is 1. The van der Waals surface area contributed by atoms with E-state index in [1.54, 1.807) is 0 Å². The van der Waals surface area contributed by atoms with Crippen LogP contribution in [0.25, 0.3) is 49.0 Å². The largest absolute Gasteiger partial charge is 0.294 e. The maximum Gasteiger partial charge on any atom is 0.294 e. The molecule has 2 aromatic heterocycles. The minimum Gasteiger partial charge on any atom is -0.236 e. The van der Waals surface area contributed by atoms with Crippen LogP contribution in [0.2, 0.25) is 0 Å². The quantitative estimate of drug-likeness (QED) is 0.333. The second-order valence-electron chi connectivity index (χ2n) is 6.54. The molecular weight excluding hydrogens is 324 g/mol. The molecule has 0 spiro atoms. The first-order valence-electron chi connectivity index (χ1n) is 8.35. The Balaban J connectivity index is 1.99. The Labute approximate surface area is 148 Å². The maximum absolute atomic E-state index is 5.90. The van der Waals surface area contributed by atoms with Crippen LogP contribution in [0.4, 0.5) is 0 Å². The fourth-order valence-corrected chi connectivity index (χ4v) is 4.41. The van der Waals surface area contributed by atoms with Crippen LogP contribution in [-0.2, 0) is 0 Å². The van der Waals surface area contributed by atoms with Gasteiger partial charge < -0.3 is 0 Å². The lowest BCUT2D eigenvalue weighted by molar-refractivity contribution is -0.309. The van der Waals surface area contributed by atoms with Gasteiger partial charge in [-0.05, 0) is 52.6 Å². The third-order valence-electron chi connectivity index (χ3n) is 5.17. The maximum atomic E-state index is 5.90.